The summed E-state index contributed by atoms with van der Waals surface area (Å²) in [7, 11) is -4.30. The molecule has 176 valence electrons. The van der Waals surface area contributed by atoms with Crippen molar-refractivity contribution in [1.29, 1.82) is 0 Å². The van der Waals surface area contributed by atoms with Crippen LogP contribution >= 0.6 is 23.1 Å². The second-order valence-electron chi connectivity index (χ2n) is 6.67. The summed E-state index contributed by atoms with van der Waals surface area (Å²) in [5, 5.41) is -0.0486. The van der Waals surface area contributed by atoms with Gasteiger partial charge in [-0.05, 0) is 29.8 Å². The van der Waals surface area contributed by atoms with E-state index in [-0.39, 0.29) is 34.6 Å². The number of benzene rings is 2. The van der Waals surface area contributed by atoms with Crippen LogP contribution in [0.1, 0.15) is 5.56 Å². The van der Waals surface area contributed by atoms with Crippen molar-refractivity contribution in [3.8, 4) is 11.5 Å². The number of alkyl halides is 3. The third-order valence-corrected chi connectivity index (χ3v) is 6.87. The summed E-state index contributed by atoms with van der Waals surface area (Å²) in [4.78, 5) is 4.74. The van der Waals surface area contributed by atoms with Gasteiger partial charge in [0.25, 0.3) is 10.0 Å². The lowest BCUT2D eigenvalue weighted by Gasteiger charge is -2.32. The zero-order valence-electron chi connectivity index (χ0n) is 16.3. The van der Waals surface area contributed by atoms with Gasteiger partial charge >= 0.3 is 6.36 Å². The molecule has 8 nitrogen and oxygen atoms in total. The number of hydrogen-bond acceptors (Lipinski definition) is 8. The first-order valence-corrected chi connectivity index (χ1v) is 11.7. The second-order valence-corrected chi connectivity index (χ2v) is 9.51. The summed E-state index contributed by atoms with van der Waals surface area (Å²) >= 11 is 7.03. The molecule has 0 fully saturated rings. The van der Waals surface area contributed by atoms with Gasteiger partial charge in [-0.1, -0.05) is 11.6 Å². The maximum absolute atomic E-state index is 14.7. The van der Waals surface area contributed by atoms with E-state index in [1.165, 1.54) is 6.07 Å². The minimum Gasteiger partial charge on any atom is -0.489 e. The van der Waals surface area contributed by atoms with E-state index >= 15 is 0 Å². The Morgan fingerprint density at radius 2 is 2.06 bits per heavy atom. The molecule has 1 aromatic heterocycles. The quantitative estimate of drug-likeness (QED) is 0.477. The van der Waals surface area contributed by atoms with Crippen molar-refractivity contribution in [2.75, 3.05) is 22.8 Å². The molecule has 0 spiro atoms. The number of sulfonamides is 1. The van der Waals surface area contributed by atoms with Crippen molar-refractivity contribution in [1.82, 2.24) is 9.36 Å². The van der Waals surface area contributed by atoms with Gasteiger partial charge in [0, 0.05) is 29.2 Å². The third-order valence-electron chi connectivity index (χ3n) is 4.46. The first-order chi connectivity index (χ1) is 15.5. The minimum absolute atomic E-state index is 0.0147. The Hall–Kier alpha value is -2.84. The number of ether oxygens (including phenoxy) is 2. The van der Waals surface area contributed by atoms with Gasteiger partial charge in [0.05, 0.1) is 12.2 Å². The Labute approximate surface area is 193 Å². The molecule has 0 unspecified atom stereocenters. The lowest BCUT2D eigenvalue weighted by molar-refractivity contribution is -0.274. The molecule has 0 aliphatic carbocycles. The van der Waals surface area contributed by atoms with Crippen LogP contribution in [-0.4, -0.2) is 37.3 Å². The largest absolute Gasteiger partial charge is 0.573 e. The van der Waals surface area contributed by atoms with Crippen LogP contribution in [0.15, 0.2) is 41.6 Å². The highest BCUT2D eigenvalue weighted by atomic mass is 35.5. The highest BCUT2D eigenvalue weighted by molar-refractivity contribution is 7.93. The molecule has 33 heavy (non-hydrogen) atoms. The van der Waals surface area contributed by atoms with Crippen molar-refractivity contribution in [2.45, 2.75) is 17.8 Å². The Balaban J connectivity index is 1.57. The van der Waals surface area contributed by atoms with E-state index in [4.69, 9.17) is 16.3 Å². The van der Waals surface area contributed by atoms with Crippen molar-refractivity contribution in [2.24, 2.45) is 0 Å². The fraction of sp³-hybridized carbons (Fsp3) is 0.222. The number of nitrogens with one attached hydrogen (secondary N) is 1. The predicted molar refractivity (Wildman–Crippen MR) is 112 cm³/mol. The Morgan fingerprint density at radius 1 is 1.27 bits per heavy atom. The predicted octanol–water partition coefficient (Wildman–Crippen LogP) is 4.43. The molecule has 3 aromatic rings. The summed E-state index contributed by atoms with van der Waals surface area (Å²) in [6, 6.07) is 5.59. The van der Waals surface area contributed by atoms with E-state index in [1.54, 1.807) is 4.90 Å². The van der Waals surface area contributed by atoms with Crippen molar-refractivity contribution in [3.63, 3.8) is 0 Å². The molecule has 1 aliphatic heterocycles. The van der Waals surface area contributed by atoms with Gasteiger partial charge in [-0.2, -0.15) is 4.37 Å². The number of halogens is 5. The van der Waals surface area contributed by atoms with E-state index in [0.29, 0.717) is 12.2 Å². The molecule has 0 atom stereocenters. The average Bonchev–Trinajstić information content (AvgIpc) is 3.21. The number of rotatable bonds is 6. The van der Waals surface area contributed by atoms with E-state index in [1.807, 2.05) is 0 Å². The molecule has 4 rings (SSSR count). The fourth-order valence-electron chi connectivity index (χ4n) is 3.11. The Kier molecular flexibility index (Phi) is 6.24. The molecule has 0 saturated heterocycles. The third kappa shape index (κ3) is 5.39. The van der Waals surface area contributed by atoms with E-state index in [2.05, 4.69) is 18.8 Å². The van der Waals surface area contributed by atoms with Crippen LogP contribution in [0.5, 0.6) is 11.5 Å². The maximum Gasteiger partial charge on any atom is 0.573 e. The monoisotopic (exact) mass is 524 g/mol. The maximum atomic E-state index is 14.7. The summed E-state index contributed by atoms with van der Waals surface area (Å²) in [6.07, 6.45) is -3.70. The summed E-state index contributed by atoms with van der Waals surface area (Å²) in [6.45, 7) is 0.541. The van der Waals surface area contributed by atoms with Gasteiger partial charge < -0.3 is 14.4 Å². The van der Waals surface area contributed by atoms with E-state index in [0.717, 1.165) is 42.1 Å². The number of fused-ring (bicyclic) bond motifs is 1. The van der Waals surface area contributed by atoms with Crippen molar-refractivity contribution < 1.29 is 35.5 Å². The van der Waals surface area contributed by atoms with Gasteiger partial charge in [0.1, 0.15) is 35.1 Å². The topological polar surface area (TPSA) is 93.7 Å². The van der Waals surface area contributed by atoms with Gasteiger partial charge in [0.15, 0.2) is 0 Å². The zero-order chi connectivity index (χ0) is 23.8. The smallest absolute Gasteiger partial charge is 0.489 e. The zero-order valence-corrected chi connectivity index (χ0v) is 18.7. The number of aromatic nitrogens is 2. The molecular weight excluding hydrogens is 512 g/mol. The van der Waals surface area contributed by atoms with Crippen LogP contribution in [0, 0.1) is 5.82 Å². The highest BCUT2D eigenvalue weighted by Gasteiger charge is 2.32. The molecular formula is C18H13ClF4N4O4S2. The standard InChI is InChI=1S/C18H13ClF4N4O4S2/c19-12-7-16(33(28,29)26-17-24-9-25-32-17)13(20)5-10(12)8-27-3-4-30-15-6-11(1-2-14(15)27)31-18(21,22)23/h1-2,5-7,9H,3-4,8H2,(H,24,25,26). The summed E-state index contributed by atoms with van der Waals surface area (Å²) in [5.74, 6) is -1.32. The van der Waals surface area contributed by atoms with Crippen LogP contribution in [-0.2, 0) is 16.6 Å². The SMILES string of the molecule is O=S(=O)(Nc1ncns1)c1cc(Cl)c(CN2CCOc3cc(OC(F)(F)F)ccc32)cc1F. The van der Waals surface area contributed by atoms with Gasteiger partial charge in [-0.25, -0.2) is 17.8 Å². The van der Waals surface area contributed by atoms with Crippen LogP contribution in [0.2, 0.25) is 5.02 Å². The fourth-order valence-corrected chi connectivity index (χ4v) is 5.15. The van der Waals surface area contributed by atoms with Gasteiger partial charge in [0.2, 0.25) is 5.13 Å². The first kappa shape index (κ1) is 23.3. The highest BCUT2D eigenvalue weighted by Crippen LogP contribution is 2.38. The number of hydrogen-bond donors (Lipinski definition) is 1. The molecule has 1 aliphatic rings. The second kappa shape index (κ2) is 8.83. The normalized spacial score (nSPS) is 13.9. The number of anilines is 2. The Morgan fingerprint density at radius 3 is 2.76 bits per heavy atom. The first-order valence-electron chi connectivity index (χ1n) is 9.07. The Bertz CT molecular complexity index is 1270. The van der Waals surface area contributed by atoms with Crippen LogP contribution in [0.4, 0.5) is 28.4 Å². The molecule has 0 bridgehead atoms. The summed E-state index contributed by atoms with van der Waals surface area (Å²) < 4.78 is 92.2. The van der Waals surface area contributed by atoms with Gasteiger partial charge in [-0.3, -0.25) is 4.72 Å². The minimum atomic E-state index is -4.85. The number of nitrogens with zero attached hydrogens (tertiary/aromatic N) is 3. The van der Waals surface area contributed by atoms with Crippen LogP contribution in [0.3, 0.4) is 0 Å². The molecule has 15 heteroatoms. The average molecular weight is 525 g/mol. The lowest BCUT2D eigenvalue weighted by atomic mass is 10.1. The van der Waals surface area contributed by atoms with Crippen molar-refractivity contribution >= 4 is 44.0 Å². The molecule has 0 amide bonds. The molecule has 2 heterocycles. The molecule has 0 radical (unpaired) electrons. The van der Waals surface area contributed by atoms with Crippen LogP contribution < -0.4 is 19.1 Å². The summed E-state index contributed by atoms with van der Waals surface area (Å²) in [5.41, 5.74) is 0.717. The molecule has 2 aromatic carbocycles. The van der Waals surface area contributed by atoms with E-state index in [9.17, 15) is 26.0 Å². The molecule has 0 saturated carbocycles. The molecule has 1 N–H and O–H groups in total. The van der Waals surface area contributed by atoms with Crippen molar-refractivity contribution in [3.05, 3.63) is 53.1 Å². The van der Waals surface area contributed by atoms with Gasteiger partial charge in [-0.15, -0.1) is 13.2 Å². The van der Waals surface area contributed by atoms with E-state index < -0.39 is 32.8 Å². The lowest BCUT2D eigenvalue weighted by Crippen LogP contribution is -2.32. The van der Waals surface area contributed by atoms with Crippen LogP contribution in [0.25, 0.3) is 0 Å².